The molecule has 0 saturated carbocycles. The van der Waals surface area contributed by atoms with E-state index in [1.165, 1.54) is 6.39 Å². The minimum absolute atomic E-state index is 0.272. The van der Waals surface area contributed by atoms with Gasteiger partial charge in [-0.05, 0) is 51.3 Å². The molecule has 0 radical (unpaired) electrons. The van der Waals surface area contributed by atoms with Crippen LogP contribution in [-0.2, 0) is 24.3 Å². The summed E-state index contributed by atoms with van der Waals surface area (Å²) in [5, 5.41) is 0.587. The first kappa shape index (κ1) is 18.6. The van der Waals surface area contributed by atoms with E-state index >= 15 is 0 Å². The molecule has 1 amide bonds. The quantitative estimate of drug-likeness (QED) is 0.786. The number of amides is 1. The highest BCUT2D eigenvalue weighted by Crippen LogP contribution is 2.35. The minimum atomic E-state index is -0.508. The van der Waals surface area contributed by atoms with Gasteiger partial charge in [0.1, 0.15) is 18.0 Å². The van der Waals surface area contributed by atoms with E-state index in [0.29, 0.717) is 36.0 Å². The van der Waals surface area contributed by atoms with E-state index in [4.69, 9.17) is 25.5 Å². The van der Waals surface area contributed by atoms with E-state index < -0.39 is 5.60 Å². The van der Waals surface area contributed by atoms with Crippen LogP contribution >= 0.6 is 11.6 Å². The number of hydrogen-bond donors (Lipinski definition) is 0. The fraction of sp³-hybridized carbons (Fsp3) is 0.474. The molecule has 6 nitrogen and oxygen atoms in total. The lowest BCUT2D eigenvalue weighted by molar-refractivity contribution is 0.0224. The Balaban J connectivity index is 1.70. The van der Waals surface area contributed by atoms with Crippen molar-refractivity contribution in [2.45, 2.75) is 52.9 Å². The molecule has 7 heteroatoms. The third-order valence-electron chi connectivity index (χ3n) is 4.15. The molecule has 0 spiro atoms. The molecule has 0 saturated heterocycles. The molecular weight excluding hydrogens is 356 g/mol. The summed E-state index contributed by atoms with van der Waals surface area (Å²) in [7, 11) is 0. The van der Waals surface area contributed by atoms with Crippen molar-refractivity contribution in [1.29, 1.82) is 0 Å². The number of rotatable bonds is 3. The maximum Gasteiger partial charge on any atom is 0.410 e. The minimum Gasteiger partial charge on any atom is -0.484 e. The zero-order valence-electron chi connectivity index (χ0n) is 15.5. The van der Waals surface area contributed by atoms with Crippen LogP contribution in [0.3, 0.4) is 0 Å². The predicted molar refractivity (Wildman–Crippen MR) is 97.4 cm³/mol. The molecule has 2 heterocycles. The Morgan fingerprint density at radius 1 is 1.38 bits per heavy atom. The molecule has 1 aromatic heterocycles. The van der Waals surface area contributed by atoms with Crippen molar-refractivity contribution in [3.8, 4) is 5.75 Å². The Morgan fingerprint density at radius 3 is 2.81 bits per heavy atom. The predicted octanol–water partition coefficient (Wildman–Crippen LogP) is 4.51. The van der Waals surface area contributed by atoms with Gasteiger partial charge in [-0.25, -0.2) is 9.78 Å². The highest BCUT2D eigenvalue weighted by atomic mass is 35.5. The number of carbonyl (C=O) groups excluding carboxylic acids is 1. The van der Waals surface area contributed by atoms with E-state index in [1.54, 1.807) is 4.90 Å². The Morgan fingerprint density at radius 2 is 2.15 bits per heavy atom. The number of aromatic nitrogens is 1. The number of halogens is 1. The number of carbonyl (C=O) groups is 1. The molecule has 2 aromatic rings. The van der Waals surface area contributed by atoms with Crippen molar-refractivity contribution < 1.29 is 18.7 Å². The fourth-order valence-electron chi connectivity index (χ4n) is 2.79. The van der Waals surface area contributed by atoms with Crippen LogP contribution in [0.4, 0.5) is 4.79 Å². The van der Waals surface area contributed by atoms with Gasteiger partial charge in [-0.1, -0.05) is 17.7 Å². The van der Waals surface area contributed by atoms with E-state index in [2.05, 4.69) is 4.98 Å². The van der Waals surface area contributed by atoms with Crippen molar-refractivity contribution in [2.75, 3.05) is 6.54 Å². The summed E-state index contributed by atoms with van der Waals surface area (Å²) in [5.41, 5.74) is 2.31. The molecule has 0 unspecified atom stereocenters. The average molecular weight is 379 g/mol. The van der Waals surface area contributed by atoms with Gasteiger partial charge in [0.25, 0.3) is 0 Å². The second-order valence-electron chi connectivity index (χ2n) is 7.32. The zero-order chi connectivity index (χ0) is 18.9. The highest BCUT2D eigenvalue weighted by Gasteiger charge is 2.27. The van der Waals surface area contributed by atoms with Crippen LogP contribution in [-0.4, -0.2) is 28.1 Å². The maximum atomic E-state index is 12.3. The van der Waals surface area contributed by atoms with Crippen LogP contribution in [0.1, 0.15) is 43.4 Å². The zero-order valence-corrected chi connectivity index (χ0v) is 16.2. The SMILES string of the molecule is Cc1ncoc1COc1ccc2c(c1Cl)CCN(C(=O)OC(C)(C)C)C2. The average Bonchev–Trinajstić information content (AvgIpc) is 2.97. The van der Waals surface area contributed by atoms with Gasteiger partial charge in [0.2, 0.25) is 0 Å². The summed E-state index contributed by atoms with van der Waals surface area (Å²) in [6.45, 7) is 8.76. The lowest BCUT2D eigenvalue weighted by atomic mass is 9.99. The number of ether oxygens (including phenoxy) is 2. The largest absolute Gasteiger partial charge is 0.484 e. The third-order valence-corrected chi connectivity index (χ3v) is 4.57. The summed E-state index contributed by atoms with van der Waals surface area (Å²) >= 11 is 6.53. The van der Waals surface area contributed by atoms with Gasteiger partial charge in [-0.3, -0.25) is 0 Å². The lowest BCUT2D eigenvalue weighted by Crippen LogP contribution is -2.40. The molecule has 0 bridgehead atoms. The van der Waals surface area contributed by atoms with Crippen molar-refractivity contribution in [3.05, 3.63) is 46.1 Å². The normalized spacial score (nSPS) is 14.1. The molecular formula is C19H23ClN2O4. The molecule has 0 fully saturated rings. The van der Waals surface area contributed by atoms with Crippen molar-refractivity contribution >= 4 is 17.7 Å². The van der Waals surface area contributed by atoms with E-state index in [0.717, 1.165) is 16.8 Å². The summed E-state index contributed by atoms with van der Waals surface area (Å²) in [6.07, 6.45) is 1.75. The molecule has 0 N–H and O–H groups in total. The molecule has 0 atom stereocenters. The number of benzene rings is 1. The van der Waals surface area contributed by atoms with Gasteiger partial charge in [0, 0.05) is 13.1 Å². The number of aryl methyl sites for hydroxylation is 1. The molecule has 1 aromatic carbocycles. The second kappa shape index (κ2) is 7.19. The lowest BCUT2D eigenvalue weighted by Gasteiger charge is -2.31. The first-order valence-corrected chi connectivity index (χ1v) is 8.92. The van der Waals surface area contributed by atoms with Crippen LogP contribution in [0.15, 0.2) is 22.9 Å². The van der Waals surface area contributed by atoms with Crippen LogP contribution in [0.25, 0.3) is 0 Å². The van der Waals surface area contributed by atoms with Crippen molar-refractivity contribution in [1.82, 2.24) is 9.88 Å². The Kier molecular flexibility index (Phi) is 5.14. The number of nitrogens with zero attached hydrogens (tertiary/aromatic N) is 2. The first-order valence-electron chi connectivity index (χ1n) is 8.54. The standard InChI is InChI=1S/C19H23ClN2O4/c1-12-16(25-11-21-12)10-24-15-6-5-13-9-22(8-7-14(13)17(15)20)18(23)26-19(2,3)4/h5-6,11H,7-10H2,1-4H3. The van der Waals surface area contributed by atoms with Crippen LogP contribution in [0.5, 0.6) is 5.75 Å². The summed E-state index contributed by atoms with van der Waals surface area (Å²) in [5.74, 6) is 1.28. The van der Waals surface area contributed by atoms with Gasteiger partial charge in [0.15, 0.2) is 12.2 Å². The molecule has 140 valence electrons. The monoisotopic (exact) mass is 378 g/mol. The topological polar surface area (TPSA) is 64.8 Å². The Labute approximate surface area is 158 Å². The van der Waals surface area contributed by atoms with Crippen LogP contribution < -0.4 is 4.74 Å². The van der Waals surface area contributed by atoms with E-state index in [1.807, 2.05) is 39.8 Å². The fourth-order valence-corrected chi connectivity index (χ4v) is 3.12. The summed E-state index contributed by atoms with van der Waals surface area (Å²) < 4.78 is 16.5. The van der Waals surface area contributed by atoms with Crippen molar-refractivity contribution in [3.63, 3.8) is 0 Å². The Hall–Kier alpha value is -2.21. The van der Waals surface area contributed by atoms with Gasteiger partial charge in [0.05, 0.1) is 10.7 Å². The van der Waals surface area contributed by atoms with Crippen LogP contribution in [0, 0.1) is 6.92 Å². The number of oxazole rings is 1. The summed E-state index contributed by atoms with van der Waals surface area (Å²) in [4.78, 5) is 18.0. The van der Waals surface area contributed by atoms with Crippen molar-refractivity contribution in [2.24, 2.45) is 0 Å². The van der Waals surface area contributed by atoms with Gasteiger partial charge in [-0.15, -0.1) is 0 Å². The van der Waals surface area contributed by atoms with E-state index in [-0.39, 0.29) is 12.7 Å². The first-order chi connectivity index (χ1) is 12.2. The molecule has 3 rings (SSSR count). The second-order valence-corrected chi connectivity index (χ2v) is 7.69. The summed E-state index contributed by atoms with van der Waals surface area (Å²) in [6, 6.07) is 3.77. The maximum absolute atomic E-state index is 12.3. The van der Waals surface area contributed by atoms with Gasteiger partial charge in [-0.2, -0.15) is 0 Å². The van der Waals surface area contributed by atoms with Gasteiger partial charge >= 0.3 is 6.09 Å². The molecule has 26 heavy (non-hydrogen) atoms. The van der Waals surface area contributed by atoms with E-state index in [9.17, 15) is 4.79 Å². The number of fused-ring (bicyclic) bond motifs is 1. The number of hydrogen-bond acceptors (Lipinski definition) is 5. The molecule has 1 aliphatic heterocycles. The third kappa shape index (κ3) is 4.12. The van der Waals surface area contributed by atoms with Crippen LogP contribution in [0.2, 0.25) is 5.02 Å². The van der Waals surface area contributed by atoms with Gasteiger partial charge < -0.3 is 18.8 Å². The molecule has 1 aliphatic rings. The highest BCUT2D eigenvalue weighted by molar-refractivity contribution is 6.33. The molecule has 0 aliphatic carbocycles. The Bertz CT molecular complexity index is 810. The smallest absolute Gasteiger partial charge is 0.410 e.